The molecule has 14 heavy (non-hydrogen) atoms. The Balaban J connectivity index is 0. The van der Waals surface area contributed by atoms with Gasteiger partial charge in [-0.1, -0.05) is 0 Å². The van der Waals surface area contributed by atoms with Gasteiger partial charge in [0, 0.05) is 13.1 Å². The zero-order valence-electron chi connectivity index (χ0n) is 9.69. The Morgan fingerprint density at radius 2 is 1.07 bits per heavy atom. The van der Waals surface area contributed by atoms with Crippen LogP contribution in [0.1, 0.15) is 12.8 Å². The van der Waals surface area contributed by atoms with Crippen molar-refractivity contribution >= 4 is 24.8 Å². The van der Waals surface area contributed by atoms with Crippen molar-refractivity contribution in [3.63, 3.8) is 0 Å². The van der Waals surface area contributed by atoms with Crippen molar-refractivity contribution in [1.82, 2.24) is 9.80 Å². The van der Waals surface area contributed by atoms with Crippen LogP contribution in [0.5, 0.6) is 0 Å². The monoisotopic (exact) mass is 242 g/mol. The second-order valence-corrected chi connectivity index (χ2v) is 4.62. The Bertz CT molecular complexity index is 124. The molecule has 88 valence electrons. The Morgan fingerprint density at radius 3 is 1.21 bits per heavy atom. The standard InChI is InChI=1S/C10H22N2.2ClH/c1-11(2)7-9-5-6-10(9)8-12(3)4;;/h9-10H,5-8H2,1-4H3;2*1H/t9-,10-;;/m0../s1. The largest absolute Gasteiger partial charge is 0.309 e. The van der Waals surface area contributed by atoms with E-state index < -0.39 is 0 Å². The Kier molecular flexibility index (Phi) is 9.36. The Morgan fingerprint density at radius 1 is 0.786 bits per heavy atom. The van der Waals surface area contributed by atoms with E-state index in [-0.39, 0.29) is 24.8 Å². The van der Waals surface area contributed by atoms with E-state index in [9.17, 15) is 0 Å². The fourth-order valence-corrected chi connectivity index (χ4v) is 2.06. The molecular formula is C10H24Cl2N2. The molecule has 0 amide bonds. The van der Waals surface area contributed by atoms with Gasteiger partial charge in [-0.2, -0.15) is 0 Å². The smallest absolute Gasteiger partial charge is 0.000669 e. The molecule has 1 rings (SSSR count). The maximum Gasteiger partial charge on any atom is 0.000669 e. The van der Waals surface area contributed by atoms with E-state index >= 15 is 0 Å². The van der Waals surface area contributed by atoms with Gasteiger partial charge >= 0.3 is 0 Å². The van der Waals surface area contributed by atoms with Crippen LogP contribution in [0.25, 0.3) is 0 Å². The summed E-state index contributed by atoms with van der Waals surface area (Å²) in [6.45, 7) is 2.55. The highest BCUT2D eigenvalue weighted by Crippen LogP contribution is 2.34. The van der Waals surface area contributed by atoms with Gasteiger partial charge in [0.1, 0.15) is 0 Å². The number of halogens is 2. The molecule has 0 bridgehead atoms. The highest BCUT2D eigenvalue weighted by molar-refractivity contribution is 5.85. The minimum Gasteiger partial charge on any atom is -0.309 e. The summed E-state index contributed by atoms with van der Waals surface area (Å²) in [7, 11) is 8.69. The van der Waals surface area contributed by atoms with Gasteiger partial charge in [-0.3, -0.25) is 0 Å². The lowest BCUT2D eigenvalue weighted by Crippen LogP contribution is -2.40. The summed E-state index contributed by atoms with van der Waals surface area (Å²) in [6, 6.07) is 0. The van der Waals surface area contributed by atoms with Crippen molar-refractivity contribution < 1.29 is 0 Å². The van der Waals surface area contributed by atoms with E-state index in [1.807, 2.05) is 0 Å². The van der Waals surface area contributed by atoms with Crippen LogP contribution in [-0.2, 0) is 0 Å². The molecule has 0 aromatic rings. The molecule has 0 aliphatic heterocycles. The van der Waals surface area contributed by atoms with Crippen molar-refractivity contribution in [3.05, 3.63) is 0 Å². The molecule has 0 heterocycles. The first-order valence-electron chi connectivity index (χ1n) is 4.89. The highest BCUT2D eigenvalue weighted by atomic mass is 35.5. The van der Waals surface area contributed by atoms with Gasteiger partial charge in [0.25, 0.3) is 0 Å². The van der Waals surface area contributed by atoms with E-state index in [0.29, 0.717) is 0 Å². The van der Waals surface area contributed by atoms with Crippen molar-refractivity contribution in [2.24, 2.45) is 11.8 Å². The number of hydrogen-bond donors (Lipinski definition) is 0. The van der Waals surface area contributed by atoms with E-state index in [1.54, 1.807) is 0 Å². The van der Waals surface area contributed by atoms with Crippen molar-refractivity contribution in [2.75, 3.05) is 41.3 Å². The molecule has 1 fully saturated rings. The van der Waals surface area contributed by atoms with Crippen LogP contribution in [0, 0.1) is 11.8 Å². The van der Waals surface area contributed by atoms with Crippen LogP contribution in [0.4, 0.5) is 0 Å². The van der Waals surface area contributed by atoms with Gasteiger partial charge in [-0.15, -0.1) is 24.8 Å². The predicted molar refractivity (Wildman–Crippen MR) is 67.8 cm³/mol. The minimum absolute atomic E-state index is 0. The number of nitrogens with zero attached hydrogens (tertiary/aromatic N) is 2. The summed E-state index contributed by atoms with van der Waals surface area (Å²) in [5.41, 5.74) is 0. The van der Waals surface area contributed by atoms with Gasteiger partial charge < -0.3 is 9.80 Å². The van der Waals surface area contributed by atoms with Gasteiger partial charge in [0.05, 0.1) is 0 Å². The molecule has 1 aliphatic rings. The lowest BCUT2D eigenvalue weighted by molar-refractivity contribution is 0.105. The SMILES string of the molecule is CN(C)C[C@@H]1CC[C@H]1CN(C)C.Cl.Cl. The van der Waals surface area contributed by atoms with Crippen LogP contribution >= 0.6 is 24.8 Å². The van der Waals surface area contributed by atoms with E-state index in [0.717, 1.165) is 11.8 Å². The molecule has 1 aliphatic carbocycles. The lowest BCUT2D eigenvalue weighted by Gasteiger charge is -2.39. The molecule has 2 atom stereocenters. The Hall–Kier alpha value is 0.500. The van der Waals surface area contributed by atoms with Crippen molar-refractivity contribution in [2.45, 2.75) is 12.8 Å². The summed E-state index contributed by atoms with van der Waals surface area (Å²) >= 11 is 0. The molecule has 2 nitrogen and oxygen atoms in total. The number of hydrogen-bond acceptors (Lipinski definition) is 2. The fraction of sp³-hybridized carbons (Fsp3) is 1.00. The molecule has 0 aromatic heterocycles. The average Bonchev–Trinajstić information content (AvgIpc) is 1.93. The maximum absolute atomic E-state index is 2.31. The van der Waals surface area contributed by atoms with Crippen LogP contribution in [-0.4, -0.2) is 51.1 Å². The highest BCUT2D eigenvalue weighted by Gasteiger charge is 2.30. The zero-order valence-corrected chi connectivity index (χ0v) is 11.3. The maximum atomic E-state index is 2.31. The normalized spacial score (nSPS) is 25.3. The molecule has 0 spiro atoms. The van der Waals surface area contributed by atoms with Gasteiger partial charge in [-0.05, 0) is 52.9 Å². The second-order valence-electron chi connectivity index (χ2n) is 4.62. The first-order chi connectivity index (χ1) is 5.59. The summed E-state index contributed by atoms with van der Waals surface area (Å²) < 4.78 is 0. The molecule has 1 saturated carbocycles. The molecule has 0 N–H and O–H groups in total. The summed E-state index contributed by atoms with van der Waals surface area (Å²) in [6.07, 6.45) is 2.88. The van der Waals surface area contributed by atoms with Gasteiger partial charge in [-0.25, -0.2) is 0 Å². The van der Waals surface area contributed by atoms with Crippen LogP contribution in [0.2, 0.25) is 0 Å². The predicted octanol–water partition coefficient (Wildman–Crippen LogP) is 1.98. The van der Waals surface area contributed by atoms with Crippen LogP contribution in [0.15, 0.2) is 0 Å². The van der Waals surface area contributed by atoms with Crippen molar-refractivity contribution in [1.29, 1.82) is 0 Å². The fourth-order valence-electron chi connectivity index (χ4n) is 2.06. The average molecular weight is 243 g/mol. The first-order valence-corrected chi connectivity index (χ1v) is 4.89. The second kappa shape index (κ2) is 7.75. The van der Waals surface area contributed by atoms with Gasteiger partial charge in [0.2, 0.25) is 0 Å². The molecule has 0 aromatic carbocycles. The third-order valence-electron chi connectivity index (χ3n) is 2.77. The van der Waals surface area contributed by atoms with Crippen molar-refractivity contribution in [3.8, 4) is 0 Å². The molecular weight excluding hydrogens is 219 g/mol. The summed E-state index contributed by atoms with van der Waals surface area (Å²) in [5, 5.41) is 0. The third kappa shape index (κ3) is 5.40. The zero-order chi connectivity index (χ0) is 9.14. The minimum atomic E-state index is 0. The number of rotatable bonds is 4. The summed E-state index contributed by atoms with van der Waals surface area (Å²) in [5.74, 6) is 1.92. The molecule has 0 unspecified atom stereocenters. The van der Waals surface area contributed by atoms with E-state index in [2.05, 4.69) is 38.0 Å². The molecule has 0 saturated heterocycles. The van der Waals surface area contributed by atoms with Crippen LogP contribution < -0.4 is 0 Å². The quantitative estimate of drug-likeness (QED) is 0.745. The lowest BCUT2D eigenvalue weighted by atomic mass is 9.73. The van der Waals surface area contributed by atoms with Crippen LogP contribution in [0.3, 0.4) is 0 Å². The topological polar surface area (TPSA) is 6.48 Å². The summed E-state index contributed by atoms with van der Waals surface area (Å²) in [4.78, 5) is 4.62. The Labute approximate surface area is 101 Å². The van der Waals surface area contributed by atoms with E-state index in [1.165, 1.54) is 25.9 Å². The van der Waals surface area contributed by atoms with E-state index in [4.69, 9.17) is 0 Å². The first kappa shape index (κ1) is 16.9. The third-order valence-corrected chi connectivity index (χ3v) is 2.77. The van der Waals surface area contributed by atoms with Gasteiger partial charge in [0.15, 0.2) is 0 Å². The molecule has 4 heteroatoms. The molecule has 0 radical (unpaired) electrons.